The molecule has 0 spiro atoms. The molecule has 0 unspecified atom stereocenters. The van der Waals surface area contributed by atoms with E-state index in [0.29, 0.717) is 48.5 Å². The molecule has 1 fully saturated rings. The van der Waals surface area contributed by atoms with Crippen LogP contribution in [-0.2, 0) is 16.0 Å². The van der Waals surface area contributed by atoms with Gasteiger partial charge in [0.1, 0.15) is 5.75 Å². The summed E-state index contributed by atoms with van der Waals surface area (Å²) in [6, 6.07) is 11.7. The van der Waals surface area contributed by atoms with Gasteiger partial charge in [-0.1, -0.05) is 50.8 Å². The quantitative estimate of drug-likeness (QED) is 0.126. The molecule has 2 aromatic rings. The minimum atomic E-state index is -3.19. The molecule has 0 aliphatic heterocycles. The van der Waals surface area contributed by atoms with Crippen LogP contribution in [0.25, 0.3) is 6.08 Å². The van der Waals surface area contributed by atoms with Crippen LogP contribution < -0.4 is 16.2 Å². The highest BCUT2D eigenvalue weighted by Gasteiger charge is 2.43. The van der Waals surface area contributed by atoms with E-state index in [2.05, 4.69) is 6.92 Å². The van der Waals surface area contributed by atoms with Crippen molar-refractivity contribution >= 4 is 23.4 Å². The number of benzene rings is 2. The molecule has 0 radical (unpaired) electrons. The molecule has 0 heterocycles. The van der Waals surface area contributed by atoms with Gasteiger partial charge in [-0.25, -0.2) is 4.79 Å². The van der Waals surface area contributed by atoms with Crippen LogP contribution in [0.3, 0.4) is 0 Å². The maximum atomic E-state index is 14.8. The molecule has 1 saturated carbocycles. The summed E-state index contributed by atoms with van der Waals surface area (Å²) in [7, 11) is 0. The summed E-state index contributed by atoms with van der Waals surface area (Å²) in [6.07, 6.45) is 8.46. The second-order valence-corrected chi connectivity index (χ2v) is 10.0. The molecule has 7 heteroatoms. The first-order valence-electron chi connectivity index (χ1n) is 13.4. The predicted octanol–water partition coefficient (Wildman–Crippen LogP) is 7.40. The van der Waals surface area contributed by atoms with Crippen LogP contribution in [0.4, 0.5) is 20.2 Å². The first-order chi connectivity index (χ1) is 17.8. The number of hydrogen-bond acceptors (Lipinski definition) is 5. The molecular weight excluding hydrogens is 474 g/mol. The number of nitrogens with two attached hydrogens (primary N) is 2. The van der Waals surface area contributed by atoms with E-state index < -0.39 is 18.0 Å². The Bertz CT molecular complexity index is 1020. The molecule has 1 aliphatic carbocycles. The predicted molar refractivity (Wildman–Crippen MR) is 145 cm³/mol. The molecule has 0 saturated heterocycles. The number of carbonyl (C=O) groups is 1. The summed E-state index contributed by atoms with van der Waals surface area (Å²) in [5.74, 6) is -0.529. The van der Waals surface area contributed by atoms with Crippen molar-refractivity contribution < 1.29 is 23.0 Å². The summed E-state index contributed by atoms with van der Waals surface area (Å²) >= 11 is 0. The molecule has 37 heavy (non-hydrogen) atoms. The number of esters is 1. The van der Waals surface area contributed by atoms with Crippen LogP contribution >= 0.6 is 0 Å². The van der Waals surface area contributed by atoms with Gasteiger partial charge in [-0.3, -0.25) is 0 Å². The molecule has 2 aromatic carbocycles. The van der Waals surface area contributed by atoms with E-state index in [9.17, 15) is 13.6 Å². The maximum absolute atomic E-state index is 14.8. The maximum Gasteiger partial charge on any atom is 0.400 e. The molecular formula is C30H40F2N2O3. The number of hydrogen-bond donors (Lipinski definition) is 2. The van der Waals surface area contributed by atoms with Gasteiger partial charge in [-0.2, -0.15) is 8.78 Å². The monoisotopic (exact) mass is 514 g/mol. The molecule has 1 aliphatic rings. The normalized spacial score (nSPS) is 18.1. The standard InChI is InChI=1S/C30H40F2N2O3/c1-2-3-4-6-22-8-14-25(15-9-22)30(31,32)37-27-17-10-23(11-18-27)12-19-29(35)36-20-5-7-24-13-16-26(33)21-28(24)34/h10-13,16-19,21-22,25H,2-9,14-15,20,33-34H2,1H3/b19-12+. The molecule has 3 rings (SSSR count). The van der Waals surface area contributed by atoms with E-state index in [1.807, 2.05) is 6.07 Å². The van der Waals surface area contributed by atoms with Crippen molar-refractivity contribution in [2.75, 3.05) is 18.1 Å². The fourth-order valence-corrected chi connectivity index (χ4v) is 4.85. The number of rotatable bonds is 13. The summed E-state index contributed by atoms with van der Waals surface area (Å²) in [5, 5.41) is 0. The van der Waals surface area contributed by atoms with E-state index >= 15 is 0 Å². The first-order valence-corrected chi connectivity index (χ1v) is 13.4. The summed E-state index contributed by atoms with van der Waals surface area (Å²) in [5.41, 5.74) is 14.5. The lowest BCUT2D eigenvalue weighted by Gasteiger charge is -2.33. The number of anilines is 2. The second-order valence-electron chi connectivity index (χ2n) is 10.0. The average molecular weight is 515 g/mol. The summed E-state index contributed by atoms with van der Waals surface area (Å²) in [6.45, 7) is 2.44. The van der Waals surface area contributed by atoms with Gasteiger partial charge in [0.2, 0.25) is 0 Å². The summed E-state index contributed by atoms with van der Waals surface area (Å²) in [4.78, 5) is 12.0. The number of unbranched alkanes of at least 4 members (excludes halogenated alkanes) is 2. The fourth-order valence-electron chi connectivity index (χ4n) is 4.85. The molecule has 0 amide bonds. The van der Waals surface area contributed by atoms with Crippen LogP contribution in [-0.4, -0.2) is 18.7 Å². The lowest BCUT2D eigenvalue weighted by Crippen LogP contribution is -2.37. The van der Waals surface area contributed by atoms with Crippen LogP contribution in [0.5, 0.6) is 5.75 Å². The Labute approximate surface area is 219 Å². The lowest BCUT2D eigenvalue weighted by molar-refractivity contribution is -0.223. The zero-order valence-corrected chi connectivity index (χ0v) is 21.8. The minimum absolute atomic E-state index is 0.122. The van der Waals surface area contributed by atoms with Crippen molar-refractivity contribution in [3.8, 4) is 5.75 Å². The smallest absolute Gasteiger partial charge is 0.400 e. The van der Waals surface area contributed by atoms with E-state index in [1.165, 1.54) is 37.5 Å². The van der Waals surface area contributed by atoms with Crippen molar-refractivity contribution in [1.29, 1.82) is 0 Å². The van der Waals surface area contributed by atoms with E-state index in [-0.39, 0.29) is 12.4 Å². The highest BCUT2D eigenvalue weighted by molar-refractivity contribution is 5.87. The zero-order chi connectivity index (χ0) is 26.7. The lowest BCUT2D eigenvalue weighted by atomic mass is 9.79. The van der Waals surface area contributed by atoms with Crippen LogP contribution in [0.1, 0.15) is 75.8 Å². The van der Waals surface area contributed by atoms with Gasteiger partial charge in [0, 0.05) is 17.5 Å². The van der Waals surface area contributed by atoms with Gasteiger partial charge >= 0.3 is 12.1 Å². The Balaban J connectivity index is 1.39. The largest absolute Gasteiger partial charge is 0.463 e. The topological polar surface area (TPSA) is 87.6 Å². The Hall–Kier alpha value is -3.09. The van der Waals surface area contributed by atoms with Gasteiger partial charge in [-0.05, 0) is 85.9 Å². The van der Waals surface area contributed by atoms with Gasteiger partial charge in [0.05, 0.1) is 12.5 Å². The number of carbonyl (C=O) groups excluding carboxylic acids is 1. The number of alkyl halides is 2. The van der Waals surface area contributed by atoms with Crippen molar-refractivity contribution in [3.63, 3.8) is 0 Å². The fraction of sp³-hybridized carbons (Fsp3) is 0.500. The average Bonchev–Trinajstić information content (AvgIpc) is 2.87. The Morgan fingerprint density at radius 3 is 2.43 bits per heavy atom. The highest BCUT2D eigenvalue weighted by atomic mass is 19.3. The molecule has 202 valence electrons. The molecule has 4 N–H and O–H groups in total. The van der Waals surface area contributed by atoms with Gasteiger partial charge in [0.25, 0.3) is 0 Å². The number of halogens is 2. The number of nitrogen functional groups attached to an aromatic ring is 2. The van der Waals surface area contributed by atoms with Gasteiger partial charge < -0.3 is 20.9 Å². The third-order valence-corrected chi connectivity index (χ3v) is 7.09. The van der Waals surface area contributed by atoms with E-state index in [1.54, 1.807) is 30.3 Å². The van der Waals surface area contributed by atoms with Crippen molar-refractivity contribution in [2.24, 2.45) is 11.8 Å². The van der Waals surface area contributed by atoms with Crippen LogP contribution in [0.15, 0.2) is 48.5 Å². The Morgan fingerprint density at radius 2 is 1.76 bits per heavy atom. The van der Waals surface area contributed by atoms with Crippen molar-refractivity contribution in [1.82, 2.24) is 0 Å². The zero-order valence-electron chi connectivity index (χ0n) is 21.8. The Morgan fingerprint density at radius 1 is 1.03 bits per heavy atom. The van der Waals surface area contributed by atoms with Gasteiger partial charge in [0.15, 0.2) is 0 Å². The third-order valence-electron chi connectivity index (χ3n) is 7.09. The molecule has 0 bridgehead atoms. The number of aryl methyl sites for hydroxylation is 1. The van der Waals surface area contributed by atoms with Gasteiger partial charge in [-0.15, -0.1) is 0 Å². The third kappa shape index (κ3) is 9.38. The Kier molecular flexibility index (Phi) is 10.8. The molecule has 5 nitrogen and oxygen atoms in total. The highest BCUT2D eigenvalue weighted by Crippen LogP contribution is 2.41. The van der Waals surface area contributed by atoms with Crippen LogP contribution in [0.2, 0.25) is 0 Å². The van der Waals surface area contributed by atoms with E-state index in [4.69, 9.17) is 20.9 Å². The SMILES string of the molecule is CCCCCC1CCC(C(F)(F)Oc2ccc(/C=C/C(=O)OCCCc3ccc(N)cc3N)cc2)CC1. The second kappa shape index (κ2) is 14.0. The number of ether oxygens (including phenoxy) is 2. The van der Waals surface area contributed by atoms with Crippen LogP contribution in [0, 0.1) is 11.8 Å². The van der Waals surface area contributed by atoms with Crippen molar-refractivity contribution in [2.45, 2.75) is 77.2 Å². The first kappa shape index (κ1) is 28.5. The summed E-state index contributed by atoms with van der Waals surface area (Å²) < 4.78 is 39.9. The van der Waals surface area contributed by atoms with E-state index in [0.717, 1.165) is 24.8 Å². The molecule has 0 atom stereocenters. The van der Waals surface area contributed by atoms with Crippen molar-refractivity contribution in [3.05, 3.63) is 59.7 Å². The molecule has 0 aromatic heterocycles. The minimum Gasteiger partial charge on any atom is -0.463 e.